The third-order valence-electron chi connectivity index (χ3n) is 4.12. The fourth-order valence-corrected chi connectivity index (χ4v) is 2.63. The van der Waals surface area contributed by atoms with Gasteiger partial charge >= 0.3 is 6.03 Å². The van der Waals surface area contributed by atoms with Crippen molar-refractivity contribution in [1.29, 1.82) is 0 Å². The van der Waals surface area contributed by atoms with Crippen molar-refractivity contribution in [3.8, 4) is 0 Å². The maximum absolute atomic E-state index is 14.2. The molecule has 0 aromatic heterocycles. The van der Waals surface area contributed by atoms with Crippen LogP contribution in [0.3, 0.4) is 0 Å². The molecule has 1 aromatic carbocycles. The topological polar surface area (TPSA) is 61.4 Å². The summed E-state index contributed by atoms with van der Waals surface area (Å²) < 4.78 is 14.2. The van der Waals surface area contributed by atoms with Gasteiger partial charge in [0.2, 0.25) is 0 Å². The maximum atomic E-state index is 14.2. The summed E-state index contributed by atoms with van der Waals surface area (Å²) in [5, 5.41) is 5.35. The van der Waals surface area contributed by atoms with E-state index in [4.69, 9.17) is 0 Å². The standard InChI is InChI=1S/C18H26FN3O2/c1-13(2)8-9-20-17(23)14-6-7-16(15(19)12-14)21-18(24)22-10-4-3-5-11-22/h6-7,12-13H,3-5,8-11H2,1-2H3,(H,20,23)(H,21,24). The Hall–Kier alpha value is -2.11. The number of amides is 3. The molecule has 1 heterocycles. The number of halogens is 1. The third-order valence-corrected chi connectivity index (χ3v) is 4.12. The van der Waals surface area contributed by atoms with Crippen LogP contribution in [0, 0.1) is 11.7 Å². The van der Waals surface area contributed by atoms with Gasteiger partial charge in [0, 0.05) is 25.2 Å². The van der Waals surface area contributed by atoms with Gasteiger partial charge in [0.15, 0.2) is 0 Å². The number of urea groups is 1. The molecule has 3 amide bonds. The molecule has 2 rings (SSSR count). The van der Waals surface area contributed by atoms with Crippen LogP contribution in [0.2, 0.25) is 0 Å². The lowest BCUT2D eigenvalue weighted by Crippen LogP contribution is -2.38. The zero-order valence-corrected chi connectivity index (χ0v) is 14.4. The molecule has 0 unspecified atom stereocenters. The summed E-state index contributed by atoms with van der Waals surface area (Å²) in [7, 11) is 0. The van der Waals surface area contributed by atoms with Crippen LogP contribution in [0.5, 0.6) is 0 Å². The first-order chi connectivity index (χ1) is 11.5. The number of carbonyl (C=O) groups is 2. The summed E-state index contributed by atoms with van der Waals surface area (Å²) in [6.45, 7) is 6.11. The van der Waals surface area contributed by atoms with Gasteiger partial charge in [0.25, 0.3) is 5.91 Å². The number of likely N-dealkylation sites (tertiary alicyclic amines) is 1. The molecule has 2 N–H and O–H groups in total. The van der Waals surface area contributed by atoms with Gasteiger partial charge in [0.05, 0.1) is 5.69 Å². The summed E-state index contributed by atoms with van der Waals surface area (Å²) in [5.74, 6) is -0.408. The number of nitrogens with zero attached hydrogens (tertiary/aromatic N) is 1. The highest BCUT2D eigenvalue weighted by atomic mass is 19.1. The van der Waals surface area contributed by atoms with Crippen molar-refractivity contribution in [3.05, 3.63) is 29.6 Å². The molecule has 132 valence electrons. The zero-order chi connectivity index (χ0) is 17.5. The first-order valence-electron chi connectivity index (χ1n) is 8.61. The lowest BCUT2D eigenvalue weighted by molar-refractivity contribution is 0.0951. The fourth-order valence-electron chi connectivity index (χ4n) is 2.63. The van der Waals surface area contributed by atoms with Crippen LogP contribution in [0.1, 0.15) is 49.9 Å². The van der Waals surface area contributed by atoms with Crippen molar-refractivity contribution >= 4 is 17.6 Å². The van der Waals surface area contributed by atoms with E-state index >= 15 is 0 Å². The average molecular weight is 335 g/mol. The van der Waals surface area contributed by atoms with E-state index in [1.807, 2.05) is 0 Å². The molecule has 0 bridgehead atoms. The Morgan fingerprint density at radius 2 is 1.92 bits per heavy atom. The van der Waals surface area contributed by atoms with Crippen LogP contribution in [0.15, 0.2) is 18.2 Å². The largest absolute Gasteiger partial charge is 0.352 e. The van der Waals surface area contributed by atoms with E-state index in [0.717, 1.165) is 31.7 Å². The molecule has 0 atom stereocenters. The molecule has 6 heteroatoms. The van der Waals surface area contributed by atoms with Crippen LogP contribution < -0.4 is 10.6 Å². The number of carbonyl (C=O) groups excluding carboxylic acids is 2. The highest BCUT2D eigenvalue weighted by Crippen LogP contribution is 2.18. The van der Waals surface area contributed by atoms with Crippen LogP contribution in [0.4, 0.5) is 14.9 Å². The second-order valence-corrected chi connectivity index (χ2v) is 6.61. The van der Waals surface area contributed by atoms with E-state index in [2.05, 4.69) is 24.5 Å². The summed E-state index contributed by atoms with van der Waals surface area (Å²) in [6, 6.07) is 3.84. The predicted octanol–water partition coefficient (Wildman–Crippen LogP) is 3.62. The van der Waals surface area contributed by atoms with Crippen molar-refractivity contribution in [2.24, 2.45) is 5.92 Å². The summed E-state index contributed by atoms with van der Waals surface area (Å²) in [5.41, 5.74) is 0.358. The molecule has 1 aromatic rings. The number of nitrogens with one attached hydrogen (secondary N) is 2. The number of piperidine rings is 1. The van der Waals surface area contributed by atoms with Gasteiger partial charge in [-0.2, -0.15) is 0 Å². The molecule has 0 radical (unpaired) electrons. The van der Waals surface area contributed by atoms with E-state index in [-0.39, 0.29) is 23.2 Å². The molecule has 1 aliphatic rings. The van der Waals surface area contributed by atoms with Gasteiger partial charge < -0.3 is 15.5 Å². The highest BCUT2D eigenvalue weighted by molar-refractivity contribution is 5.95. The molecule has 5 nitrogen and oxygen atoms in total. The number of rotatable bonds is 5. The molecule has 0 spiro atoms. The second kappa shape index (κ2) is 8.66. The van der Waals surface area contributed by atoms with E-state index in [0.29, 0.717) is 25.6 Å². The normalized spacial score (nSPS) is 14.6. The number of anilines is 1. The third kappa shape index (κ3) is 5.22. The van der Waals surface area contributed by atoms with Crippen molar-refractivity contribution in [2.75, 3.05) is 25.0 Å². The fraction of sp³-hybridized carbons (Fsp3) is 0.556. The SMILES string of the molecule is CC(C)CCNC(=O)c1ccc(NC(=O)N2CCCCC2)c(F)c1. The molecular formula is C18H26FN3O2. The first kappa shape index (κ1) is 18.2. The first-order valence-corrected chi connectivity index (χ1v) is 8.61. The molecule has 24 heavy (non-hydrogen) atoms. The summed E-state index contributed by atoms with van der Waals surface area (Å²) in [6.07, 6.45) is 3.95. The Balaban J connectivity index is 1.93. The van der Waals surface area contributed by atoms with Crippen molar-refractivity contribution in [3.63, 3.8) is 0 Å². The van der Waals surface area contributed by atoms with Crippen molar-refractivity contribution < 1.29 is 14.0 Å². The minimum absolute atomic E-state index is 0.101. The lowest BCUT2D eigenvalue weighted by Gasteiger charge is -2.26. The van der Waals surface area contributed by atoms with E-state index in [1.54, 1.807) is 4.90 Å². The van der Waals surface area contributed by atoms with Gasteiger partial charge in [-0.15, -0.1) is 0 Å². The van der Waals surface area contributed by atoms with E-state index < -0.39 is 5.82 Å². The van der Waals surface area contributed by atoms with Crippen LogP contribution in [-0.4, -0.2) is 36.5 Å². The Kier molecular flexibility index (Phi) is 6.58. The number of benzene rings is 1. The van der Waals surface area contributed by atoms with E-state index in [1.165, 1.54) is 12.1 Å². The van der Waals surface area contributed by atoms with Crippen LogP contribution in [0.25, 0.3) is 0 Å². The Bertz CT molecular complexity index is 584. The highest BCUT2D eigenvalue weighted by Gasteiger charge is 2.18. The minimum atomic E-state index is -0.600. The van der Waals surface area contributed by atoms with Gasteiger partial charge in [-0.05, 0) is 49.8 Å². The van der Waals surface area contributed by atoms with Gasteiger partial charge in [-0.25, -0.2) is 9.18 Å². The molecule has 0 saturated carbocycles. The van der Waals surface area contributed by atoms with Crippen LogP contribution in [-0.2, 0) is 0 Å². The zero-order valence-electron chi connectivity index (χ0n) is 14.4. The van der Waals surface area contributed by atoms with E-state index in [9.17, 15) is 14.0 Å². The smallest absolute Gasteiger partial charge is 0.321 e. The number of hydrogen-bond acceptors (Lipinski definition) is 2. The maximum Gasteiger partial charge on any atom is 0.321 e. The predicted molar refractivity (Wildman–Crippen MR) is 92.6 cm³/mol. The molecular weight excluding hydrogens is 309 g/mol. The molecule has 1 aliphatic heterocycles. The Labute approximate surface area is 142 Å². The van der Waals surface area contributed by atoms with Gasteiger partial charge in [-0.1, -0.05) is 13.8 Å². The van der Waals surface area contributed by atoms with Crippen molar-refractivity contribution in [1.82, 2.24) is 10.2 Å². The Morgan fingerprint density at radius 3 is 2.54 bits per heavy atom. The molecule has 1 saturated heterocycles. The average Bonchev–Trinajstić information content (AvgIpc) is 2.57. The van der Waals surface area contributed by atoms with Gasteiger partial charge in [0.1, 0.15) is 5.82 Å². The monoisotopic (exact) mass is 335 g/mol. The molecule has 1 fully saturated rings. The van der Waals surface area contributed by atoms with Crippen molar-refractivity contribution in [2.45, 2.75) is 39.5 Å². The minimum Gasteiger partial charge on any atom is -0.352 e. The van der Waals surface area contributed by atoms with Crippen LogP contribution >= 0.6 is 0 Å². The lowest BCUT2D eigenvalue weighted by atomic mass is 10.1. The summed E-state index contributed by atoms with van der Waals surface area (Å²) >= 11 is 0. The molecule has 0 aliphatic carbocycles. The van der Waals surface area contributed by atoms with Gasteiger partial charge in [-0.3, -0.25) is 4.79 Å². The quantitative estimate of drug-likeness (QED) is 0.863. The number of hydrogen-bond donors (Lipinski definition) is 2. The Morgan fingerprint density at radius 1 is 1.21 bits per heavy atom. The summed E-state index contributed by atoms with van der Waals surface area (Å²) in [4.78, 5) is 25.8. The second-order valence-electron chi connectivity index (χ2n) is 6.61.